The van der Waals surface area contributed by atoms with Crippen LogP contribution in [0.25, 0.3) is 0 Å². The molecule has 0 heterocycles. The van der Waals surface area contributed by atoms with E-state index in [1.54, 1.807) is 24.3 Å². The maximum absolute atomic E-state index is 11.7. The summed E-state index contributed by atoms with van der Waals surface area (Å²) in [5.41, 5.74) is 0.452. The van der Waals surface area contributed by atoms with Gasteiger partial charge in [0.25, 0.3) is 5.91 Å². The number of aliphatic carboxylic acids is 1. The number of halogens is 1. The highest BCUT2D eigenvalue weighted by Crippen LogP contribution is 2.15. The molecule has 0 aliphatic carbocycles. The molecule has 1 unspecified atom stereocenters. The van der Waals surface area contributed by atoms with Crippen LogP contribution in [-0.2, 0) is 9.53 Å². The Hall–Kier alpha value is -1.40. The topological polar surface area (TPSA) is 75.6 Å². The van der Waals surface area contributed by atoms with Crippen LogP contribution in [0.2, 0.25) is 0 Å². The third kappa shape index (κ3) is 3.83. The van der Waals surface area contributed by atoms with E-state index in [0.717, 1.165) is 0 Å². The van der Waals surface area contributed by atoms with Crippen LogP contribution in [-0.4, -0.2) is 36.7 Å². The number of nitrogens with one attached hydrogen (secondary N) is 1. The minimum atomic E-state index is -1.11. The summed E-state index contributed by atoms with van der Waals surface area (Å²) in [6, 6.07) is 6.89. The van der Waals surface area contributed by atoms with E-state index in [2.05, 4.69) is 21.2 Å². The first kappa shape index (κ1) is 13.7. The van der Waals surface area contributed by atoms with Crippen LogP contribution in [0.15, 0.2) is 28.7 Å². The summed E-state index contributed by atoms with van der Waals surface area (Å²) in [5.74, 6) is -1.46. The molecule has 6 heteroatoms. The van der Waals surface area contributed by atoms with E-state index in [-0.39, 0.29) is 12.5 Å². The van der Waals surface area contributed by atoms with Crippen LogP contribution in [0.4, 0.5) is 0 Å². The number of benzene rings is 1. The van der Waals surface area contributed by atoms with Gasteiger partial charge < -0.3 is 15.2 Å². The number of hydrogen-bond donors (Lipinski definition) is 2. The van der Waals surface area contributed by atoms with Crippen molar-refractivity contribution >= 4 is 27.8 Å². The van der Waals surface area contributed by atoms with Crippen molar-refractivity contribution in [1.82, 2.24) is 5.32 Å². The molecule has 2 N–H and O–H groups in total. The van der Waals surface area contributed by atoms with E-state index in [0.29, 0.717) is 10.0 Å². The average Bonchev–Trinajstić information content (AvgIpc) is 2.29. The van der Waals surface area contributed by atoms with Gasteiger partial charge in [-0.05, 0) is 28.1 Å². The van der Waals surface area contributed by atoms with Gasteiger partial charge >= 0.3 is 5.97 Å². The largest absolute Gasteiger partial charge is 0.479 e. The Balaban J connectivity index is 2.62. The number of amides is 1. The molecule has 1 rings (SSSR count). The summed E-state index contributed by atoms with van der Waals surface area (Å²) in [7, 11) is 1.28. The summed E-state index contributed by atoms with van der Waals surface area (Å²) < 4.78 is 5.36. The molecule has 17 heavy (non-hydrogen) atoms. The zero-order chi connectivity index (χ0) is 12.8. The standard InChI is InChI=1S/C11H12BrNO4/c1-17-9(11(15)16)6-13-10(14)7-4-2-3-5-8(7)12/h2-5,9H,6H2,1H3,(H,13,14)(H,15,16). The van der Waals surface area contributed by atoms with Crippen LogP contribution in [0, 0.1) is 0 Å². The molecule has 0 saturated carbocycles. The number of carboxylic acid groups (broad SMARTS) is 1. The molecule has 92 valence electrons. The molecular weight excluding hydrogens is 290 g/mol. The maximum Gasteiger partial charge on any atom is 0.334 e. The van der Waals surface area contributed by atoms with E-state index < -0.39 is 12.1 Å². The minimum absolute atomic E-state index is 0.0774. The number of ether oxygens (including phenoxy) is 1. The molecule has 0 aliphatic rings. The fraction of sp³-hybridized carbons (Fsp3) is 0.273. The van der Waals surface area contributed by atoms with E-state index >= 15 is 0 Å². The first-order valence-corrected chi connectivity index (χ1v) is 5.64. The molecule has 0 saturated heterocycles. The quantitative estimate of drug-likeness (QED) is 0.859. The summed E-state index contributed by atoms with van der Waals surface area (Å²) in [6.45, 7) is -0.0774. The molecule has 0 radical (unpaired) electrons. The molecule has 0 fully saturated rings. The van der Waals surface area contributed by atoms with Gasteiger partial charge in [-0.3, -0.25) is 4.79 Å². The first-order chi connectivity index (χ1) is 8.06. The van der Waals surface area contributed by atoms with Crippen molar-refractivity contribution in [3.8, 4) is 0 Å². The highest BCUT2D eigenvalue weighted by atomic mass is 79.9. The van der Waals surface area contributed by atoms with Gasteiger partial charge in [-0.1, -0.05) is 12.1 Å². The predicted octanol–water partition coefficient (Wildman–Crippen LogP) is 1.28. The van der Waals surface area contributed by atoms with E-state index in [1.807, 2.05) is 0 Å². The number of carbonyl (C=O) groups excluding carboxylic acids is 1. The van der Waals surface area contributed by atoms with Crippen LogP contribution < -0.4 is 5.32 Å². The molecule has 0 bridgehead atoms. The van der Waals surface area contributed by atoms with Crippen LogP contribution >= 0.6 is 15.9 Å². The van der Waals surface area contributed by atoms with Crippen LogP contribution in [0.1, 0.15) is 10.4 Å². The van der Waals surface area contributed by atoms with Gasteiger partial charge in [-0.15, -0.1) is 0 Å². The van der Waals surface area contributed by atoms with Crippen molar-refractivity contribution in [3.63, 3.8) is 0 Å². The third-order valence-corrected chi connectivity index (χ3v) is 2.82. The predicted molar refractivity (Wildman–Crippen MR) is 64.9 cm³/mol. The number of carboxylic acids is 1. The van der Waals surface area contributed by atoms with Gasteiger partial charge in [0.15, 0.2) is 6.10 Å². The van der Waals surface area contributed by atoms with E-state index in [1.165, 1.54) is 7.11 Å². The minimum Gasteiger partial charge on any atom is -0.479 e. The van der Waals surface area contributed by atoms with Gasteiger partial charge in [-0.25, -0.2) is 4.79 Å². The highest BCUT2D eigenvalue weighted by Gasteiger charge is 2.18. The van der Waals surface area contributed by atoms with Crippen molar-refractivity contribution in [2.75, 3.05) is 13.7 Å². The fourth-order valence-electron chi connectivity index (χ4n) is 1.20. The van der Waals surface area contributed by atoms with Crippen molar-refractivity contribution in [2.45, 2.75) is 6.10 Å². The lowest BCUT2D eigenvalue weighted by Crippen LogP contribution is -2.37. The number of hydrogen-bond acceptors (Lipinski definition) is 3. The molecule has 0 spiro atoms. The lowest BCUT2D eigenvalue weighted by atomic mass is 10.2. The SMILES string of the molecule is COC(CNC(=O)c1ccccc1Br)C(=O)O. The zero-order valence-electron chi connectivity index (χ0n) is 9.14. The molecule has 1 amide bonds. The van der Waals surface area contributed by atoms with Crippen molar-refractivity contribution in [3.05, 3.63) is 34.3 Å². The van der Waals surface area contributed by atoms with Gasteiger partial charge in [0.2, 0.25) is 0 Å². The highest BCUT2D eigenvalue weighted by molar-refractivity contribution is 9.10. The van der Waals surface area contributed by atoms with Crippen LogP contribution in [0.3, 0.4) is 0 Å². The second kappa shape index (κ2) is 6.36. The Morgan fingerprint density at radius 3 is 2.65 bits per heavy atom. The average molecular weight is 302 g/mol. The van der Waals surface area contributed by atoms with E-state index in [9.17, 15) is 9.59 Å². The molecule has 1 aromatic carbocycles. The van der Waals surface area contributed by atoms with Crippen LogP contribution in [0.5, 0.6) is 0 Å². The maximum atomic E-state index is 11.7. The Labute approximate surface area is 107 Å². The second-order valence-electron chi connectivity index (χ2n) is 3.25. The molecule has 1 aromatic rings. The first-order valence-electron chi connectivity index (χ1n) is 4.84. The summed E-state index contributed by atoms with van der Waals surface area (Å²) in [6.07, 6.45) is -1.04. The van der Waals surface area contributed by atoms with Crippen molar-refractivity contribution < 1.29 is 19.4 Å². The Morgan fingerprint density at radius 2 is 2.12 bits per heavy atom. The lowest BCUT2D eigenvalue weighted by molar-refractivity contribution is -0.148. The molecule has 5 nitrogen and oxygen atoms in total. The zero-order valence-corrected chi connectivity index (χ0v) is 10.7. The van der Waals surface area contributed by atoms with Gasteiger partial charge in [0, 0.05) is 11.6 Å². The van der Waals surface area contributed by atoms with Crippen molar-refractivity contribution in [1.29, 1.82) is 0 Å². The second-order valence-corrected chi connectivity index (χ2v) is 4.11. The summed E-state index contributed by atoms with van der Waals surface area (Å²) in [4.78, 5) is 22.4. The third-order valence-electron chi connectivity index (χ3n) is 2.13. The molecular formula is C11H12BrNO4. The Bertz CT molecular complexity index is 422. The molecule has 1 atom stereocenters. The van der Waals surface area contributed by atoms with Crippen molar-refractivity contribution in [2.24, 2.45) is 0 Å². The Morgan fingerprint density at radius 1 is 1.47 bits per heavy atom. The summed E-state index contributed by atoms with van der Waals surface area (Å²) >= 11 is 3.24. The van der Waals surface area contributed by atoms with Gasteiger partial charge in [0.1, 0.15) is 0 Å². The number of rotatable bonds is 5. The number of carbonyl (C=O) groups is 2. The van der Waals surface area contributed by atoms with Gasteiger partial charge in [-0.2, -0.15) is 0 Å². The van der Waals surface area contributed by atoms with Gasteiger partial charge in [0.05, 0.1) is 12.1 Å². The smallest absolute Gasteiger partial charge is 0.334 e. The monoisotopic (exact) mass is 301 g/mol. The normalized spacial score (nSPS) is 11.9. The molecule has 0 aromatic heterocycles. The fourth-order valence-corrected chi connectivity index (χ4v) is 1.66. The van der Waals surface area contributed by atoms with E-state index in [4.69, 9.17) is 9.84 Å². The summed E-state index contributed by atoms with van der Waals surface area (Å²) in [5, 5.41) is 11.2. The molecule has 0 aliphatic heterocycles. The Kier molecular flexibility index (Phi) is 5.11. The lowest BCUT2D eigenvalue weighted by Gasteiger charge is -2.12. The number of methoxy groups -OCH3 is 1.